The van der Waals surface area contributed by atoms with E-state index in [4.69, 9.17) is 0 Å². The predicted octanol–water partition coefficient (Wildman–Crippen LogP) is 2.54. The third-order valence-corrected chi connectivity index (χ3v) is 3.46. The molecule has 1 rings (SSSR count). The molecule has 0 radical (unpaired) electrons. The first kappa shape index (κ1) is 13.0. The van der Waals surface area contributed by atoms with Gasteiger partial charge in [-0.3, -0.25) is 0 Å². The standard InChI is InChI=1S/C13H28N2/c1-4-5-6-12(3)15-10-13-9-11(2)7-8-14-13/h11-15H,4-10H2,1-3H3. The number of unbranched alkanes of at least 4 members (excludes halogenated alkanes) is 1. The zero-order valence-corrected chi connectivity index (χ0v) is 10.7. The summed E-state index contributed by atoms with van der Waals surface area (Å²) in [6, 6.07) is 1.39. The van der Waals surface area contributed by atoms with Crippen LogP contribution in [0.2, 0.25) is 0 Å². The first-order valence-electron chi connectivity index (χ1n) is 6.69. The van der Waals surface area contributed by atoms with Crippen molar-refractivity contribution in [3.8, 4) is 0 Å². The summed E-state index contributed by atoms with van der Waals surface area (Å²) < 4.78 is 0. The van der Waals surface area contributed by atoms with Crippen molar-refractivity contribution in [3.05, 3.63) is 0 Å². The maximum atomic E-state index is 3.65. The fourth-order valence-corrected chi connectivity index (χ4v) is 2.33. The lowest BCUT2D eigenvalue weighted by molar-refractivity contribution is 0.302. The van der Waals surface area contributed by atoms with Crippen LogP contribution in [0.25, 0.3) is 0 Å². The molecule has 2 nitrogen and oxygen atoms in total. The summed E-state index contributed by atoms with van der Waals surface area (Å²) in [6.07, 6.45) is 6.67. The third-order valence-electron chi connectivity index (χ3n) is 3.46. The highest BCUT2D eigenvalue weighted by Gasteiger charge is 2.17. The van der Waals surface area contributed by atoms with E-state index in [-0.39, 0.29) is 0 Å². The monoisotopic (exact) mass is 212 g/mol. The van der Waals surface area contributed by atoms with Gasteiger partial charge in [0.1, 0.15) is 0 Å². The summed E-state index contributed by atoms with van der Waals surface area (Å²) in [5, 5.41) is 7.24. The van der Waals surface area contributed by atoms with E-state index in [2.05, 4.69) is 31.4 Å². The Balaban J connectivity index is 2.07. The lowest BCUT2D eigenvalue weighted by Gasteiger charge is -2.29. The van der Waals surface area contributed by atoms with E-state index in [0.29, 0.717) is 12.1 Å². The molecule has 90 valence electrons. The molecule has 0 saturated carbocycles. The first-order valence-corrected chi connectivity index (χ1v) is 6.69. The van der Waals surface area contributed by atoms with Crippen LogP contribution in [0.1, 0.15) is 52.9 Å². The van der Waals surface area contributed by atoms with Crippen molar-refractivity contribution in [3.63, 3.8) is 0 Å². The quantitative estimate of drug-likeness (QED) is 0.707. The molecule has 2 heteroatoms. The van der Waals surface area contributed by atoms with Gasteiger partial charge in [0, 0.05) is 18.6 Å². The topological polar surface area (TPSA) is 24.1 Å². The molecule has 2 N–H and O–H groups in total. The summed E-state index contributed by atoms with van der Waals surface area (Å²) in [5.74, 6) is 0.906. The number of rotatable bonds is 6. The highest BCUT2D eigenvalue weighted by Crippen LogP contribution is 2.14. The van der Waals surface area contributed by atoms with E-state index in [0.717, 1.165) is 12.5 Å². The Bertz CT molecular complexity index is 159. The number of hydrogen-bond donors (Lipinski definition) is 2. The molecule has 3 atom stereocenters. The van der Waals surface area contributed by atoms with Crippen LogP contribution in [-0.4, -0.2) is 25.2 Å². The second-order valence-electron chi connectivity index (χ2n) is 5.23. The maximum Gasteiger partial charge on any atom is 0.0195 e. The summed E-state index contributed by atoms with van der Waals surface area (Å²) in [7, 11) is 0. The molecule has 0 aliphatic carbocycles. The van der Waals surface area contributed by atoms with Crippen molar-refractivity contribution >= 4 is 0 Å². The normalized spacial score (nSPS) is 29.0. The van der Waals surface area contributed by atoms with Gasteiger partial charge in [-0.1, -0.05) is 26.7 Å². The molecule has 0 spiro atoms. The van der Waals surface area contributed by atoms with Crippen molar-refractivity contribution in [2.45, 2.75) is 65.0 Å². The molecule has 1 aliphatic rings. The van der Waals surface area contributed by atoms with Crippen LogP contribution in [0.4, 0.5) is 0 Å². The van der Waals surface area contributed by atoms with Gasteiger partial charge in [0.2, 0.25) is 0 Å². The van der Waals surface area contributed by atoms with Crippen molar-refractivity contribution in [2.75, 3.05) is 13.1 Å². The second-order valence-corrected chi connectivity index (χ2v) is 5.23. The Hall–Kier alpha value is -0.0800. The summed E-state index contributed by atoms with van der Waals surface area (Å²) in [6.45, 7) is 9.29. The highest BCUT2D eigenvalue weighted by atomic mass is 15.0. The van der Waals surface area contributed by atoms with Gasteiger partial charge in [0.05, 0.1) is 0 Å². The number of piperidine rings is 1. The highest BCUT2D eigenvalue weighted by molar-refractivity contribution is 4.79. The van der Waals surface area contributed by atoms with Crippen molar-refractivity contribution in [2.24, 2.45) is 5.92 Å². The van der Waals surface area contributed by atoms with Crippen LogP contribution < -0.4 is 10.6 Å². The van der Waals surface area contributed by atoms with Gasteiger partial charge in [0.25, 0.3) is 0 Å². The van der Waals surface area contributed by atoms with Crippen molar-refractivity contribution in [1.82, 2.24) is 10.6 Å². The second kappa shape index (κ2) is 7.24. The fraction of sp³-hybridized carbons (Fsp3) is 1.00. The van der Waals surface area contributed by atoms with E-state index in [1.807, 2.05) is 0 Å². The average molecular weight is 212 g/mol. The maximum absolute atomic E-state index is 3.65. The molecule has 1 fully saturated rings. The minimum absolute atomic E-state index is 0.684. The SMILES string of the molecule is CCCCC(C)NCC1CC(C)CCN1. The van der Waals surface area contributed by atoms with Crippen LogP contribution in [0.5, 0.6) is 0 Å². The Morgan fingerprint density at radius 1 is 1.47 bits per heavy atom. The zero-order chi connectivity index (χ0) is 11.1. The van der Waals surface area contributed by atoms with Gasteiger partial charge in [-0.2, -0.15) is 0 Å². The van der Waals surface area contributed by atoms with Gasteiger partial charge >= 0.3 is 0 Å². The molecule has 0 amide bonds. The Labute approximate surface area is 95.2 Å². The molecule has 1 heterocycles. The molecular weight excluding hydrogens is 184 g/mol. The molecule has 0 aromatic heterocycles. The van der Waals surface area contributed by atoms with Gasteiger partial charge in [-0.25, -0.2) is 0 Å². The Morgan fingerprint density at radius 2 is 2.27 bits per heavy atom. The van der Waals surface area contributed by atoms with Crippen molar-refractivity contribution in [1.29, 1.82) is 0 Å². The largest absolute Gasteiger partial charge is 0.313 e. The number of hydrogen-bond acceptors (Lipinski definition) is 2. The lowest BCUT2D eigenvalue weighted by atomic mass is 9.94. The molecule has 3 unspecified atom stereocenters. The van der Waals surface area contributed by atoms with Crippen LogP contribution in [-0.2, 0) is 0 Å². The van der Waals surface area contributed by atoms with E-state index in [9.17, 15) is 0 Å². The van der Waals surface area contributed by atoms with Crippen LogP contribution in [0, 0.1) is 5.92 Å². The minimum atomic E-state index is 0.684. The predicted molar refractivity (Wildman–Crippen MR) is 67.2 cm³/mol. The molecule has 15 heavy (non-hydrogen) atoms. The van der Waals surface area contributed by atoms with Gasteiger partial charge in [-0.15, -0.1) is 0 Å². The smallest absolute Gasteiger partial charge is 0.0195 e. The summed E-state index contributed by atoms with van der Waals surface area (Å²) in [5.41, 5.74) is 0. The summed E-state index contributed by atoms with van der Waals surface area (Å²) >= 11 is 0. The lowest BCUT2D eigenvalue weighted by Crippen LogP contribution is -2.45. The molecule has 1 aliphatic heterocycles. The zero-order valence-electron chi connectivity index (χ0n) is 10.7. The minimum Gasteiger partial charge on any atom is -0.313 e. The fourth-order valence-electron chi connectivity index (χ4n) is 2.33. The van der Waals surface area contributed by atoms with Crippen LogP contribution in [0.15, 0.2) is 0 Å². The van der Waals surface area contributed by atoms with Crippen LogP contribution >= 0.6 is 0 Å². The van der Waals surface area contributed by atoms with Crippen LogP contribution in [0.3, 0.4) is 0 Å². The average Bonchev–Trinajstić information content (AvgIpc) is 2.23. The first-order chi connectivity index (χ1) is 7.22. The number of nitrogens with one attached hydrogen (secondary N) is 2. The van der Waals surface area contributed by atoms with Gasteiger partial charge < -0.3 is 10.6 Å². The molecule has 0 aromatic carbocycles. The molecule has 0 bridgehead atoms. The van der Waals surface area contributed by atoms with Crippen molar-refractivity contribution < 1.29 is 0 Å². The summed E-state index contributed by atoms with van der Waals surface area (Å²) in [4.78, 5) is 0. The van der Waals surface area contributed by atoms with E-state index < -0.39 is 0 Å². The Morgan fingerprint density at radius 3 is 2.93 bits per heavy atom. The van der Waals surface area contributed by atoms with E-state index in [1.54, 1.807) is 0 Å². The third kappa shape index (κ3) is 5.53. The molecular formula is C13H28N2. The Kier molecular flexibility index (Phi) is 6.26. The van der Waals surface area contributed by atoms with E-state index >= 15 is 0 Å². The van der Waals surface area contributed by atoms with E-state index in [1.165, 1.54) is 38.6 Å². The molecule has 1 saturated heterocycles. The molecule has 0 aromatic rings. The van der Waals surface area contributed by atoms with Gasteiger partial charge in [0.15, 0.2) is 0 Å². The van der Waals surface area contributed by atoms with Gasteiger partial charge in [-0.05, 0) is 38.6 Å².